The third-order valence-corrected chi connectivity index (χ3v) is 4.89. The number of carbonyl (C=O) groups is 1. The molecule has 0 aromatic heterocycles. The van der Waals surface area contributed by atoms with Crippen molar-refractivity contribution >= 4 is 52.1 Å². The number of hydrogen-bond acceptors (Lipinski definition) is 3. The lowest BCUT2D eigenvalue weighted by atomic mass is 10.2. The molecule has 0 saturated heterocycles. The number of benzene rings is 2. The van der Waals surface area contributed by atoms with E-state index in [2.05, 4.69) is 17.6 Å². The van der Waals surface area contributed by atoms with E-state index in [0.717, 1.165) is 24.5 Å². The summed E-state index contributed by atoms with van der Waals surface area (Å²) in [6.45, 7) is 3.00. The highest BCUT2D eigenvalue weighted by molar-refractivity contribution is 6.44. The Labute approximate surface area is 175 Å². The van der Waals surface area contributed by atoms with Gasteiger partial charge in [0, 0.05) is 5.69 Å². The Kier molecular flexibility index (Phi) is 9.05. The van der Waals surface area contributed by atoms with E-state index in [-0.39, 0.29) is 12.5 Å². The van der Waals surface area contributed by atoms with E-state index >= 15 is 0 Å². The van der Waals surface area contributed by atoms with E-state index < -0.39 is 0 Å². The Balaban J connectivity index is 1.77. The molecule has 0 fully saturated rings. The first-order valence-electron chi connectivity index (χ1n) is 8.90. The fourth-order valence-electron chi connectivity index (χ4n) is 2.38. The first-order chi connectivity index (χ1) is 13.0. The number of rotatable bonds is 10. The highest BCUT2D eigenvalue weighted by Gasteiger charge is 2.09. The van der Waals surface area contributed by atoms with Gasteiger partial charge < -0.3 is 15.4 Å². The van der Waals surface area contributed by atoms with Gasteiger partial charge in [0.05, 0.1) is 33.9 Å². The van der Waals surface area contributed by atoms with Crippen molar-refractivity contribution in [3.8, 4) is 5.75 Å². The third kappa shape index (κ3) is 7.49. The van der Waals surface area contributed by atoms with Gasteiger partial charge in [-0.3, -0.25) is 4.79 Å². The highest BCUT2D eigenvalue weighted by atomic mass is 35.5. The second-order valence-electron chi connectivity index (χ2n) is 6.08. The van der Waals surface area contributed by atoms with Crippen molar-refractivity contribution in [1.29, 1.82) is 0 Å². The van der Waals surface area contributed by atoms with Crippen LogP contribution in [0.1, 0.15) is 32.6 Å². The van der Waals surface area contributed by atoms with Crippen LogP contribution in [0.2, 0.25) is 15.1 Å². The number of hydrogen-bond donors (Lipinski definition) is 2. The van der Waals surface area contributed by atoms with E-state index in [1.165, 1.54) is 31.4 Å². The van der Waals surface area contributed by atoms with Gasteiger partial charge in [-0.15, -0.1) is 0 Å². The topological polar surface area (TPSA) is 50.4 Å². The van der Waals surface area contributed by atoms with Gasteiger partial charge in [-0.05, 0) is 42.8 Å². The summed E-state index contributed by atoms with van der Waals surface area (Å²) in [7, 11) is 0. The van der Waals surface area contributed by atoms with E-state index in [1.807, 2.05) is 24.3 Å². The zero-order valence-corrected chi connectivity index (χ0v) is 17.4. The van der Waals surface area contributed by atoms with Gasteiger partial charge in [-0.1, -0.05) is 61.0 Å². The van der Waals surface area contributed by atoms with Crippen LogP contribution in [0.25, 0.3) is 0 Å². The summed E-state index contributed by atoms with van der Waals surface area (Å²) >= 11 is 17.9. The molecule has 2 N–H and O–H groups in total. The minimum absolute atomic E-state index is 0.0911. The predicted octanol–water partition coefficient (Wildman–Crippen LogP) is 6.66. The van der Waals surface area contributed by atoms with Crippen LogP contribution in [0.3, 0.4) is 0 Å². The van der Waals surface area contributed by atoms with Crippen molar-refractivity contribution in [2.45, 2.75) is 32.6 Å². The Hall–Kier alpha value is -1.62. The molecule has 7 heteroatoms. The van der Waals surface area contributed by atoms with Gasteiger partial charge in [0.25, 0.3) is 0 Å². The molecule has 0 atom stereocenters. The molecule has 4 nitrogen and oxygen atoms in total. The molecule has 27 heavy (non-hydrogen) atoms. The van der Waals surface area contributed by atoms with E-state index in [0.29, 0.717) is 20.8 Å². The summed E-state index contributed by atoms with van der Waals surface area (Å²) < 4.78 is 5.70. The first kappa shape index (κ1) is 21.7. The molecule has 2 rings (SSSR count). The summed E-state index contributed by atoms with van der Waals surface area (Å²) in [5.41, 5.74) is 1.24. The maximum Gasteiger partial charge on any atom is 0.243 e. The Morgan fingerprint density at radius 1 is 0.963 bits per heavy atom. The summed E-state index contributed by atoms with van der Waals surface area (Å²) in [5.74, 6) is 0.579. The van der Waals surface area contributed by atoms with Crippen LogP contribution in [-0.2, 0) is 4.79 Å². The molecule has 0 aliphatic rings. The van der Waals surface area contributed by atoms with Crippen LogP contribution >= 0.6 is 34.8 Å². The van der Waals surface area contributed by atoms with Crippen molar-refractivity contribution in [2.24, 2.45) is 0 Å². The molecule has 0 bridgehead atoms. The summed E-state index contributed by atoms with van der Waals surface area (Å²) in [6, 6.07) is 10.5. The van der Waals surface area contributed by atoms with Gasteiger partial charge in [-0.2, -0.15) is 0 Å². The van der Waals surface area contributed by atoms with Crippen molar-refractivity contribution in [2.75, 3.05) is 23.8 Å². The van der Waals surface area contributed by atoms with Crippen LogP contribution < -0.4 is 15.4 Å². The zero-order chi connectivity index (χ0) is 19.6. The number of nitrogens with one attached hydrogen (secondary N) is 2. The van der Waals surface area contributed by atoms with Gasteiger partial charge >= 0.3 is 0 Å². The number of halogens is 3. The van der Waals surface area contributed by atoms with Crippen LogP contribution in [0, 0.1) is 0 Å². The van der Waals surface area contributed by atoms with Crippen molar-refractivity contribution in [3.05, 3.63) is 51.5 Å². The number of amides is 1. The molecule has 0 aliphatic heterocycles. The first-order valence-corrected chi connectivity index (χ1v) is 10.0. The molecule has 2 aromatic rings. The molecule has 0 radical (unpaired) electrons. The fraction of sp³-hybridized carbons (Fsp3) is 0.350. The SMILES string of the molecule is CCCCCCOc1ccc(NCC(=O)Nc2cc(Cl)c(Cl)cc2Cl)cc1. The largest absolute Gasteiger partial charge is 0.494 e. The van der Waals surface area contributed by atoms with Crippen molar-refractivity contribution in [1.82, 2.24) is 0 Å². The van der Waals surface area contributed by atoms with Gasteiger partial charge in [0.2, 0.25) is 5.91 Å². The maximum atomic E-state index is 12.1. The van der Waals surface area contributed by atoms with Crippen LogP contribution in [-0.4, -0.2) is 19.1 Å². The molecule has 0 unspecified atom stereocenters. The minimum atomic E-state index is -0.244. The lowest BCUT2D eigenvalue weighted by Gasteiger charge is -2.11. The standard InChI is InChI=1S/C20H23Cl3N2O2/c1-2-3-4-5-10-27-15-8-6-14(7-9-15)24-13-20(26)25-19-12-17(22)16(21)11-18(19)23/h6-9,11-12,24H,2-5,10,13H2,1H3,(H,25,26). The maximum absolute atomic E-state index is 12.1. The molecule has 146 valence electrons. The van der Waals surface area contributed by atoms with E-state index in [9.17, 15) is 4.79 Å². The predicted molar refractivity (Wildman–Crippen MR) is 115 cm³/mol. The minimum Gasteiger partial charge on any atom is -0.494 e. The van der Waals surface area contributed by atoms with E-state index in [1.54, 1.807) is 0 Å². The van der Waals surface area contributed by atoms with Gasteiger partial charge in [0.1, 0.15) is 5.75 Å². The number of anilines is 2. The average Bonchev–Trinajstić information content (AvgIpc) is 2.65. The normalized spacial score (nSPS) is 10.5. The Morgan fingerprint density at radius 2 is 1.67 bits per heavy atom. The average molecular weight is 430 g/mol. The molecular formula is C20H23Cl3N2O2. The zero-order valence-electron chi connectivity index (χ0n) is 15.2. The highest BCUT2D eigenvalue weighted by Crippen LogP contribution is 2.32. The number of carbonyl (C=O) groups excluding carboxylic acids is 1. The van der Waals surface area contributed by atoms with Crippen LogP contribution in [0.5, 0.6) is 5.75 Å². The molecule has 0 heterocycles. The van der Waals surface area contributed by atoms with Crippen LogP contribution in [0.15, 0.2) is 36.4 Å². The fourth-order valence-corrected chi connectivity index (χ4v) is 2.98. The molecule has 0 aliphatic carbocycles. The lowest BCUT2D eigenvalue weighted by molar-refractivity contribution is -0.114. The summed E-state index contributed by atoms with van der Waals surface area (Å²) in [5, 5.41) is 6.75. The molecule has 2 aromatic carbocycles. The van der Waals surface area contributed by atoms with Crippen LogP contribution in [0.4, 0.5) is 11.4 Å². The van der Waals surface area contributed by atoms with Gasteiger partial charge in [-0.25, -0.2) is 0 Å². The molecule has 1 amide bonds. The quantitative estimate of drug-likeness (QED) is 0.328. The van der Waals surface area contributed by atoms with Gasteiger partial charge in [0.15, 0.2) is 0 Å². The molecular weight excluding hydrogens is 407 g/mol. The smallest absolute Gasteiger partial charge is 0.243 e. The third-order valence-electron chi connectivity index (χ3n) is 3.86. The van der Waals surface area contributed by atoms with Crippen molar-refractivity contribution in [3.63, 3.8) is 0 Å². The van der Waals surface area contributed by atoms with Crippen molar-refractivity contribution < 1.29 is 9.53 Å². The number of unbranched alkanes of at least 4 members (excludes halogenated alkanes) is 3. The lowest BCUT2D eigenvalue weighted by Crippen LogP contribution is -2.21. The monoisotopic (exact) mass is 428 g/mol. The Morgan fingerprint density at radius 3 is 2.37 bits per heavy atom. The molecule has 0 spiro atoms. The second-order valence-corrected chi connectivity index (χ2v) is 7.30. The molecule has 0 saturated carbocycles. The van der Waals surface area contributed by atoms with E-state index in [4.69, 9.17) is 39.5 Å². The summed E-state index contributed by atoms with van der Waals surface area (Å²) in [6.07, 6.45) is 4.70. The summed E-state index contributed by atoms with van der Waals surface area (Å²) in [4.78, 5) is 12.1. The Bertz CT molecular complexity index is 752. The second kappa shape index (κ2) is 11.3. The number of ether oxygens (including phenoxy) is 1.